The molecule has 4 aromatic rings. The third kappa shape index (κ3) is 3.21. The number of rotatable bonds is 5. The number of carbonyl (C=O) groups excluding carboxylic acids is 1. The van der Waals surface area contributed by atoms with Crippen LogP contribution < -0.4 is 10.9 Å². The number of nitrogens with zero attached hydrogens (tertiary/aromatic N) is 4. The number of nitrogens with one attached hydrogen (secondary N) is 1. The van der Waals surface area contributed by atoms with Crippen molar-refractivity contribution in [3.05, 3.63) is 57.7 Å². The van der Waals surface area contributed by atoms with E-state index in [-0.39, 0.29) is 17.9 Å². The van der Waals surface area contributed by atoms with Gasteiger partial charge in [0.25, 0.3) is 5.56 Å². The van der Waals surface area contributed by atoms with Crippen molar-refractivity contribution >= 4 is 38.9 Å². The van der Waals surface area contributed by atoms with E-state index in [1.165, 1.54) is 28.0 Å². The monoisotopic (exact) mass is 385 g/mol. The van der Waals surface area contributed by atoms with E-state index in [0.717, 1.165) is 5.52 Å². The average Bonchev–Trinajstić information content (AvgIpc) is 3.26. The van der Waals surface area contributed by atoms with Crippen molar-refractivity contribution in [2.45, 2.75) is 19.3 Å². The van der Waals surface area contributed by atoms with Gasteiger partial charge >= 0.3 is 0 Å². The second kappa shape index (κ2) is 6.92. The maximum atomic E-state index is 13.2. The molecule has 3 heterocycles. The lowest BCUT2D eigenvalue weighted by molar-refractivity contribution is -0.116. The lowest BCUT2D eigenvalue weighted by Crippen LogP contribution is -2.19. The van der Waals surface area contributed by atoms with Crippen molar-refractivity contribution in [1.29, 1.82) is 0 Å². The number of amides is 1. The van der Waals surface area contributed by atoms with E-state index in [2.05, 4.69) is 15.5 Å². The van der Waals surface area contributed by atoms with Gasteiger partial charge in [0.2, 0.25) is 11.7 Å². The number of halogens is 1. The molecule has 0 saturated carbocycles. The Morgan fingerprint density at radius 1 is 1.30 bits per heavy atom. The van der Waals surface area contributed by atoms with Crippen molar-refractivity contribution in [2.75, 3.05) is 5.32 Å². The molecule has 0 radical (unpaired) electrons. The molecule has 0 fully saturated rings. The van der Waals surface area contributed by atoms with Gasteiger partial charge in [0, 0.05) is 25.6 Å². The van der Waals surface area contributed by atoms with Crippen molar-refractivity contribution in [3.8, 4) is 0 Å². The van der Waals surface area contributed by atoms with Gasteiger partial charge < -0.3 is 5.32 Å². The zero-order chi connectivity index (χ0) is 19.0. The zero-order valence-corrected chi connectivity index (χ0v) is 15.3. The van der Waals surface area contributed by atoms with E-state index in [0.29, 0.717) is 34.8 Å². The summed E-state index contributed by atoms with van der Waals surface area (Å²) in [6, 6.07) is 7.66. The Balaban J connectivity index is 1.50. The van der Waals surface area contributed by atoms with Crippen LogP contribution in [0.1, 0.15) is 18.7 Å². The number of fused-ring (bicyclic) bond motifs is 3. The van der Waals surface area contributed by atoms with E-state index in [1.54, 1.807) is 19.2 Å². The Hall–Kier alpha value is -3.07. The number of thiophene rings is 1. The normalized spacial score (nSPS) is 11.3. The van der Waals surface area contributed by atoms with Gasteiger partial charge in [-0.15, -0.1) is 21.5 Å². The van der Waals surface area contributed by atoms with Gasteiger partial charge in [0.15, 0.2) is 0 Å². The summed E-state index contributed by atoms with van der Waals surface area (Å²) in [6.45, 7) is 0. The van der Waals surface area contributed by atoms with Crippen LogP contribution in [0.25, 0.3) is 16.0 Å². The summed E-state index contributed by atoms with van der Waals surface area (Å²) in [6.07, 6.45) is 1.35. The Bertz CT molecular complexity index is 1210. The lowest BCUT2D eigenvalue weighted by atomic mass is 10.2. The minimum atomic E-state index is -0.395. The first-order chi connectivity index (χ1) is 13.0. The fourth-order valence-electron chi connectivity index (χ4n) is 3.01. The van der Waals surface area contributed by atoms with Crippen LogP contribution in [-0.2, 0) is 18.3 Å². The second-order valence-corrected chi connectivity index (χ2v) is 7.08. The predicted octanol–water partition coefficient (Wildman–Crippen LogP) is 2.74. The molecule has 27 heavy (non-hydrogen) atoms. The number of benzene rings is 1. The number of aryl methyl sites for hydroxylation is 2. The van der Waals surface area contributed by atoms with E-state index in [4.69, 9.17) is 0 Å². The fourth-order valence-corrected chi connectivity index (χ4v) is 3.86. The highest BCUT2D eigenvalue weighted by atomic mass is 32.1. The molecule has 0 saturated heterocycles. The molecule has 1 aromatic carbocycles. The molecule has 0 aliphatic carbocycles. The van der Waals surface area contributed by atoms with Crippen molar-refractivity contribution in [3.63, 3.8) is 0 Å². The molecule has 138 valence electrons. The molecular formula is C18H16FN5O2S. The SMILES string of the molecule is Cn1c(=O)c2sccc2n2c(CCCC(=O)Nc3cccc(F)c3)nnc12. The largest absolute Gasteiger partial charge is 0.326 e. The third-order valence-electron chi connectivity index (χ3n) is 4.31. The first-order valence-electron chi connectivity index (χ1n) is 8.40. The van der Waals surface area contributed by atoms with E-state index in [9.17, 15) is 14.0 Å². The average molecular weight is 385 g/mol. The van der Waals surface area contributed by atoms with Gasteiger partial charge in [-0.25, -0.2) is 4.39 Å². The molecule has 3 aromatic heterocycles. The van der Waals surface area contributed by atoms with Crippen molar-refractivity contribution in [1.82, 2.24) is 19.2 Å². The maximum Gasteiger partial charge on any atom is 0.272 e. The molecule has 0 unspecified atom stereocenters. The van der Waals surface area contributed by atoms with Crippen LogP contribution in [0.4, 0.5) is 10.1 Å². The van der Waals surface area contributed by atoms with Gasteiger partial charge in [-0.2, -0.15) is 0 Å². The zero-order valence-electron chi connectivity index (χ0n) is 14.5. The summed E-state index contributed by atoms with van der Waals surface area (Å²) >= 11 is 1.38. The molecule has 0 bridgehead atoms. The van der Waals surface area contributed by atoms with Gasteiger partial charge in [-0.1, -0.05) is 6.07 Å². The number of hydrogen-bond donors (Lipinski definition) is 1. The van der Waals surface area contributed by atoms with Gasteiger partial charge in [-0.3, -0.25) is 18.6 Å². The number of anilines is 1. The van der Waals surface area contributed by atoms with Crippen LogP contribution >= 0.6 is 11.3 Å². The maximum absolute atomic E-state index is 13.2. The lowest BCUT2D eigenvalue weighted by Gasteiger charge is -2.06. The summed E-state index contributed by atoms with van der Waals surface area (Å²) in [5, 5.41) is 12.9. The van der Waals surface area contributed by atoms with Crippen LogP contribution in [0.15, 0.2) is 40.5 Å². The van der Waals surface area contributed by atoms with E-state index in [1.807, 2.05) is 15.8 Å². The minimum absolute atomic E-state index is 0.0964. The topological polar surface area (TPSA) is 81.3 Å². The Morgan fingerprint density at radius 2 is 2.15 bits per heavy atom. The van der Waals surface area contributed by atoms with E-state index >= 15 is 0 Å². The molecule has 0 aliphatic rings. The molecule has 0 atom stereocenters. The van der Waals surface area contributed by atoms with Crippen molar-refractivity contribution < 1.29 is 9.18 Å². The van der Waals surface area contributed by atoms with Gasteiger partial charge in [-0.05, 0) is 36.1 Å². The highest BCUT2D eigenvalue weighted by molar-refractivity contribution is 7.17. The molecular weight excluding hydrogens is 369 g/mol. The van der Waals surface area contributed by atoms with Crippen LogP contribution in [0.5, 0.6) is 0 Å². The highest BCUT2D eigenvalue weighted by Gasteiger charge is 2.15. The van der Waals surface area contributed by atoms with Crippen LogP contribution in [0.3, 0.4) is 0 Å². The van der Waals surface area contributed by atoms with Crippen LogP contribution in [0, 0.1) is 5.82 Å². The number of carbonyl (C=O) groups is 1. The van der Waals surface area contributed by atoms with E-state index < -0.39 is 5.82 Å². The smallest absolute Gasteiger partial charge is 0.272 e. The Morgan fingerprint density at radius 3 is 2.96 bits per heavy atom. The Labute approximate surface area is 157 Å². The van der Waals surface area contributed by atoms with Gasteiger partial charge in [0.05, 0.1) is 5.52 Å². The van der Waals surface area contributed by atoms with Crippen LogP contribution in [0.2, 0.25) is 0 Å². The second-order valence-electron chi connectivity index (χ2n) is 6.16. The summed E-state index contributed by atoms with van der Waals surface area (Å²) in [5.41, 5.74) is 1.12. The molecule has 4 rings (SSSR count). The molecule has 0 spiro atoms. The standard InChI is InChI=1S/C18H16FN5O2S/c1-23-17(26)16-13(8-9-27-16)24-14(21-22-18(23)24)6-3-7-15(25)20-12-5-2-4-11(19)10-12/h2,4-5,8-10H,3,6-7H2,1H3,(H,20,25). The van der Waals surface area contributed by atoms with Gasteiger partial charge in [0.1, 0.15) is 16.3 Å². The van der Waals surface area contributed by atoms with Crippen LogP contribution in [-0.4, -0.2) is 25.1 Å². The number of hydrogen-bond acceptors (Lipinski definition) is 5. The highest BCUT2D eigenvalue weighted by Crippen LogP contribution is 2.20. The summed E-state index contributed by atoms with van der Waals surface area (Å²) in [5.74, 6) is 0.586. The number of aromatic nitrogens is 4. The minimum Gasteiger partial charge on any atom is -0.326 e. The quantitative estimate of drug-likeness (QED) is 0.573. The first-order valence-corrected chi connectivity index (χ1v) is 9.28. The summed E-state index contributed by atoms with van der Waals surface area (Å²) in [7, 11) is 1.67. The molecule has 0 aliphatic heterocycles. The first kappa shape index (κ1) is 17.3. The Kier molecular flexibility index (Phi) is 4.44. The molecule has 9 heteroatoms. The summed E-state index contributed by atoms with van der Waals surface area (Å²) in [4.78, 5) is 24.4. The molecule has 7 nitrogen and oxygen atoms in total. The predicted molar refractivity (Wildman–Crippen MR) is 102 cm³/mol. The molecule has 1 N–H and O–H groups in total. The summed E-state index contributed by atoms with van der Waals surface area (Å²) < 4.78 is 17.2. The molecule has 1 amide bonds. The fraction of sp³-hybridized carbons (Fsp3) is 0.222. The third-order valence-corrected chi connectivity index (χ3v) is 5.20. The van der Waals surface area contributed by atoms with Crippen molar-refractivity contribution in [2.24, 2.45) is 7.05 Å².